The molecule has 0 aliphatic carbocycles. The van der Waals surface area contributed by atoms with Gasteiger partial charge in [-0.25, -0.2) is 4.68 Å². The fraction of sp³-hybridized carbons (Fsp3) is 0.875. The van der Waals surface area contributed by atoms with Crippen LogP contribution in [0.2, 0.25) is 0 Å². The molecule has 0 aliphatic heterocycles. The average Bonchev–Trinajstić information content (AvgIpc) is 2.62. The van der Waals surface area contributed by atoms with Crippen molar-refractivity contribution in [2.45, 2.75) is 43.6 Å². The lowest BCUT2D eigenvalue weighted by Gasteiger charge is -2.10. The van der Waals surface area contributed by atoms with Crippen molar-refractivity contribution >= 4 is 11.8 Å². The molecular formula is C8H17N5S. The maximum atomic E-state index is 5.46. The van der Waals surface area contributed by atoms with Crippen molar-refractivity contribution in [3.05, 3.63) is 0 Å². The quantitative estimate of drug-likeness (QED) is 0.714. The van der Waals surface area contributed by atoms with Crippen LogP contribution in [0.4, 0.5) is 0 Å². The minimum Gasteiger partial charge on any atom is -0.329 e. The molecule has 0 atom stereocenters. The molecule has 0 aromatic carbocycles. The lowest BCUT2D eigenvalue weighted by atomic mass is 10.3. The van der Waals surface area contributed by atoms with Crippen LogP contribution in [0.25, 0.3) is 0 Å². The predicted molar refractivity (Wildman–Crippen MR) is 57.1 cm³/mol. The van der Waals surface area contributed by atoms with Crippen LogP contribution in [0, 0.1) is 0 Å². The Hall–Kier alpha value is -0.620. The van der Waals surface area contributed by atoms with E-state index in [9.17, 15) is 0 Å². The minimum absolute atomic E-state index is 0.571. The molecule has 0 radical (unpaired) electrons. The zero-order chi connectivity index (χ0) is 10.4. The summed E-state index contributed by atoms with van der Waals surface area (Å²) in [6.07, 6.45) is 2.27. The van der Waals surface area contributed by atoms with Gasteiger partial charge < -0.3 is 5.73 Å². The van der Waals surface area contributed by atoms with Crippen molar-refractivity contribution in [2.75, 3.05) is 6.54 Å². The van der Waals surface area contributed by atoms with E-state index in [2.05, 4.69) is 29.4 Å². The Balaban J connectivity index is 2.60. The van der Waals surface area contributed by atoms with Gasteiger partial charge in [0.1, 0.15) is 0 Å². The number of rotatable bonds is 6. The first-order valence-electron chi connectivity index (χ1n) is 4.94. The van der Waals surface area contributed by atoms with Crippen LogP contribution in [0.5, 0.6) is 0 Å². The molecule has 80 valence electrons. The first-order valence-corrected chi connectivity index (χ1v) is 5.82. The van der Waals surface area contributed by atoms with Crippen molar-refractivity contribution in [2.24, 2.45) is 5.73 Å². The zero-order valence-electron chi connectivity index (χ0n) is 8.68. The predicted octanol–water partition coefficient (Wildman–Crippen LogP) is 0.912. The molecule has 1 heterocycles. The van der Waals surface area contributed by atoms with Crippen LogP contribution in [0.15, 0.2) is 5.16 Å². The SMILES string of the molecule is CCC(CC)Sc1nnnn1CCN. The van der Waals surface area contributed by atoms with Gasteiger partial charge in [0.2, 0.25) is 5.16 Å². The van der Waals surface area contributed by atoms with E-state index < -0.39 is 0 Å². The molecule has 0 spiro atoms. The van der Waals surface area contributed by atoms with Crippen LogP contribution < -0.4 is 5.73 Å². The summed E-state index contributed by atoms with van der Waals surface area (Å²) in [5.74, 6) is 0. The van der Waals surface area contributed by atoms with E-state index in [-0.39, 0.29) is 0 Å². The maximum Gasteiger partial charge on any atom is 0.209 e. The van der Waals surface area contributed by atoms with Crippen LogP contribution >= 0.6 is 11.8 Å². The smallest absolute Gasteiger partial charge is 0.209 e. The highest BCUT2D eigenvalue weighted by Crippen LogP contribution is 2.24. The van der Waals surface area contributed by atoms with Crippen molar-refractivity contribution in [3.63, 3.8) is 0 Å². The summed E-state index contributed by atoms with van der Waals surface area (Å²) >= 11 is 1.73. The van der Waals surface area contributed by atoms with E-state index >= 15 is 0 Å². The normalized spacial score (nSPS) is 11.1. The highest BCUT2D eigenvalue weighted by molar-refractivity contribution is 7.99. The molecule has 0 aliphatic rings. The fourth-order valence-corrected chi connectivity index (χ4v) is 2.11. The summed E-state index contributed by atoms with van der Waals surface area (Å²) in [6.45, 7) is 5.62. The molecule has 1 aromatic heterocycles. The average molecular weight is 215 g/mol. The monoisotopic (exact) mass is 215 g/mol. The molecule has 14 heavy (non-hydrogen) atoms. The van der Waals surface area contributed by atoms with Crippen molar-refractivity contribution < 1.29 is 0 Å². The van der Waals surface area contributed by atoms with Crippen molar-refractivity contribution in [1.29, 1.82) is 0 Å². The summed E-state index contributed by atoms with van der Waals surface area (Å²) < 4.78 is 1.77. The molecule has 5 nitrogen and oxygen atoms in total. The van der Waals surface area contributed by atoms with Gasteiger partial charge in [-0.2, -0.15) is 0 Å². The third-order valence-corrected chi connectivity index (χ3v) is 3.53. The summed E-state index contributed by atoms with van der Waals surface area (Å²) in [6, 6.07) is 0. The second kappa shape index (κ2) is 5.98. The van der Waals surface area contributed by atoms with E-state index in [1.54, 1.807) is 16.4 Å². The molecule has 0 unspecified atom stereocenters. The first-order chi connectivity index (χ1) is 6.81. The van der Waals surface area contributed by atoms with Crippen molar-refractivity contribution in [3.8, 4) is 0 Å². The molecule has 2 N–H and O–H groups in total. The number of thioether (sulfide) groups is 1. The Morgan fingerprint density at radius 2 is 2.14 bits per heavy atom. The van der Waals surface area contributed by atoms with E-state index in [1.165, 1.54) is 0 Å². The highest BCUT2D eigenvalue weighted by Gasteiger charge is 2.11. The Morgan fingerprint density at radius 1 is 1.43 bits per heavy atom. The van der Waals surface area contributed by atoms with Crippen LogP contribution in [0.3, 0.4) is 0 Å². The third-order valence-electron chi connectivity index (χ3n) is 2.02. The lowest BCUT2D eigenvalue weighted by molar-refractivity contribution is 0.555. The van der Waals surface area contributed by atoms with E-state index in [1.807, 2.05) is 0 Å². The number of hydrogen-bond donors (Lipinski definition) is 1. The van der Waals surface area contributed by atoms with Gasteiger partial charge in [-0.1, -0.05) is 25.6 Å². The Kier molecular flexibility index (Phi) is 4.89. The van der Waals surface area contributed by atoms with Crippen molar-refractivity contribution in [1.82, 2.24) is 20.2 Å². The van der Waals surface area contributed by atoms with Gasteiger partial charge in [-0.05, 0) is 23.3 Å². The molecule has 0 fully saturated rings. The second-order valence-electron chi connectivity index (χ2n) is 3.03. The largest absolute Gasteiger partial charge is 0.329 e. The summed E-state index contributed by atoms with van der Waals surface area (Å²) in [7, 11) is 0. The van der Waals surface area contributed by atoms with Gasteiger partial charge in [0.05, 0.1) is 6.54 Å². The Labute approximate surface area is 88.4 Å². The first kappa shape index (κ1) is 11.5. The van der Waals surface area contributed by atoms with Crippen LogP contribution in [0.1, 0.15) is 26.7 Å². The standard InChI is InChI=1S/C8H17N5S/c1-3-7(4-2)14-8-10-11-12-13(8)6-5-9/h7H,3-6,9H2,1-2H3. The molecular weight excluding hydrogens is 198 g/mol. The lowest BCUT2D eigenvalue weighted by Crippen LogP contribution is -2.13. The number of nitrogens with zero attached hydrogens (tertiary/aromatic N) is 4. The van der Waals surface area contributed by atoms with E-state index in [0.717, 1.165) is 18.0 Å². The molecule has 0 saturated carbocycles. The number of tetrazole rings is 1. The zero-order valence-corrected chi connectivity index (χ0v) is 9.50. The van der Waals surface area contributed by atoms with E-state index in [0.29, 0.717) is 18.3 Å². The molecule has 0 bridgehead atoms. The molecule has 0 amide bonds. The Morgan fingerprint density at radius 3 is 2.71 bits per heavy atom. The van der Waals surface area contributed by atoms with E-state index in [4.69, 9.17) is 5.73 Å². The molecule has 6 heteroatoms. The maximum absolute atomic E-state index is 5.46. The van der Waals surface area contributed by atoms with Crippen LogP contribution in [-0.2, 0) is 6.54 Å². The van der Waals surface area contributed by atoms with Gasteiger partial charge in [0.15, 0.2) is 0 Å². The second-order valence-corrected chi connectivity index (χ2v) is 4.30. The van der Waals surface area contributed by atoms with Gasteiger partial charge in [0.25, 0.3) is 0 Å². The Bertz CT molecular complexity index is 258. The topological polar surface area (TPSA) is 69.6 Å². The summed E-state index contributed by atoms with van der Waals surface area (Å²) in [5, 5.41) is 13.0. The highest BCUT2D eigenvalue weighted by atomic mass is 32.2. The fourth-order valence-electron chi connectivity index (χ4n) is 1.15. The van der Waals surface area contributed by atoms with Gasteiger partial charge in [-0.15, -0.1) is 5.10 Å². The molecule has 0 saturated heterocycles. The third kappa shape index (κ3) is 2.95. The van der Waals surface area contributed by atoms with Gasteiger partial charge >= 0.3 is 0 Å². The van der Waals surface area contributed by atoms with Gasteiger partial charge in [-0.3, -0.25) is 0 Å². The summed E-state index contributed by atoms with van der Waals surface area (Å²) in [4.78, 5) is 0. The molecule has 1 aromatic rings. The van der Waals surface area contributed by atoms with Crippen LogP contribution in [-0.4, -0.2) is 32.0 Å². The summed E-state index contributed by atoms with van der Waals surface area (Å²) in [5.41, 5.74) is 5.46. The molecule has 1 rings (SSSR count). The number of aromatic nitrogens is 4. The number of hydrogen-bond acceptors (Lipinski definition) is 5. The minimum atomic E-state index is 0.571. The number of nitrogens with two attached hydrogens (primary N) is 1. The van der Waals surface area contributed by atoms with Gasteiger partial charge in [0, 0.05) is 11.8 Å².